The highest BCUT2D eigenvalue weighted by Gasteiger charge is 2.21. The molecule has 6 heteroatoms. The van der Waals surface area contributed by atoms with Crippen LogP contribution in [0.25, 0.3) is 6.08 Å². The summed E-state index contributed by atoms with van der Waals surface area (Å²) in [5, 5.41) is 11.1. The molecule has 1 aliphatic rings. The Balaban J connectivity index is 1.85. The molecule has 0 amide bonds. The summed E-state index contributed by atoms with van der Waals surface area (Å²) in [6, 6.07) is 9.68. The van der Waals surface area contributed by atoms with Crippen molar-refractivity contribution in [1.82, 2.24) is 4.90 Å². The Hall–Kier alpha value is -2.70. The maximum atomic E-state index is 11.1. The van der Waals surface area contributed by atoms with E-state index in [1.54, 1.807) is 21.3 Å². The lowest BCUT2D eigenvalue weighted by molar-refractivity contribution is 0.0335. The van der Waals surface area contributed by atoms with Gasteiger partial charge < -0.3 is 24.1 Å². The van der Waals surface area contributed by atoms with Crippen LogP contribution in [0.15, 0.2) is 36.4 Å². The minimum atomic E-state index is 0.225. The van der Waals surface area contributed by atoms with Crippen molar-refractivity contribution in [2.45, 2.75) is 13.0 Å². The van der Waals surface area contributed by atoms with E-state index in [-0.39, 0.29) is 5.75 Å². The average molecular weight is 399 g/mol. The number of hydrogen-bond donors (Lipinski definition) is 1. The van der Waals surface area contributed by atoms with E-state index >= 15 is 0 Å². The molecule has 0 aliphatic carbocycles. The van der Waals surface area contributed by atoms with E-state index in [2.05, 4.69) is 4.90 Å². The second-order valence-corrected chi connectivity index (χ2v) is 6.86. The Bertz CT molecular complexity index is 843. The molecular formula is C23H29NO5. The van der Waals surface area contributed by atoms with Crippen LogP contribution in [0.3, 0.4) is 0 Å². The van der Waals surface area contributed by atoms with Gasteiger partial charge in [-0.1, -0.05) is 24.3 Å². The fraction of sp³-hybridized carbons (Fsp3) is 0.391. The van der Waals surface area contributed by atoms with Gasteiger partial charge in [0.1, 0.15) is 23.0 Å². The number of aromatic hydroxyl groups is 1. The molecule has 0 radical (unpaired) electrons. The zero-order valence-corrected chi connectivity index (χ0v) is 17.3. The van der Waals surface area contributed by atoms with E-state index < -0.39 is 0 Å². The summed E-state index contributed by atoms with van der Waals surface area (Å²) in [5.74, 6) is 2.28. The zero-order valence-electron chi connectivity index (χ0n) is 17.3. The molecule has 0 atom stereocenters. The van der Waals surface area contributed by atoms with Crippen LogP contribution in [0, 0.1) is 0 Å². The zero-order chi connectivity index (χ0) is 20.6. The number of rotatable bonds is 8. The number of ether oxygens (including phenoxy) is 4. The Morgan fingerprint density at radius 1 is 1.00 bits per heavy atom. The SMILES string of the molecule is COc1cccc(/C=C/Cc2c(OC)cc(OC)c(CN3CCOCC3)c2O)c1. The highest BCUT2D eigenvalue weighted by Crippen LogP contribution is 2.40. The van der Waals surface area contributed by atoms with Crippen LogP contribution >= 0.6 is 0 Å². The first-order chi connectivity index (χ1) is 14.2. The van der Waals surface area contributed by atoms with Gasteiger partial charge in [0.05, 0.1) is 40.1 Å². The van der Waals surface area contributed by atoms with Crippen LogP contribution in [0.1, 0.15) is 16.7 Å². The third kappa shape index (κ3) is 5.22. The molecule has 6 nitrogen and oxygen atoms in total. The van der Waals surface area contributed by atoms with Crippen LogP contribution < -0.4 is 14.2 Å². The lowest BCUT2D eigenvalue weighted by Gasteiger charge is -2.28. The second kappa shape index (κ2) is 10.2. The molecule has 0 unspecified atom stereocenters. The Morgan fingerprint density at radius 2 is 1.72 bits per heavy atom. The van der Waals surface area contributed by atoms with Crippen molar-refractivity contribution in [3.8, 4) is 23.0 Å². The van der Waals surface area contributed by atoms with Crippen molar-refractivity contribution in [2.24, 2.45) is 0 Å². The first kappa shape index (κ1) is 21.0. The number of phenolic OH excluding ortho intramolecular Hbond substituents is 1. The highest BCUT2D eigenvalue weighted by molar-refractivity contribution is 5.59. The molecule has 1 heterocycles. The molecule has 0 spiro atoms. The van der Waals surface area contributed by atoms with Crippen molar-refractivity contribution in [2.75, 3.05) is 47.6 Å². The van der Waals surface area contributed by atoms with Crippen molar-refractivity contribution in [1.29, 1.82) is 0 Å². The first-order valence-electron chi connectivity index (χ1n) is 9.72. The van der Waals surface area contributed by atoms with E-state index in [1.165, 1.54) is 0 Å². The minimum Gasteiger partial charge on any atom is -0.507 e. The topological polar surface area (TPSA) is 60.4 Å². The summed E-state index contributed by atoms with van der Waals surface area (Å²) in [6.45, 7) is 3.68. The van der Waals surface area contributed by atoms with Gasteiger partial charge >= 0.3 is 0 Å². The fourth-order valence-electron chi connectivity index (χ4n) is 3.46. The molecule has 1 N–H and O–H groups in total. The van der Waals surface area contributed by atoms with Gasteiger partial charge in [-0.05, 0) is 24.1 Å². The molecule has 0 aromatic heterocycles. The Labute approximate surface area is 172 Å². The second-order valence-electron chi connectivity index (χ2n) is 6.86. The third-order valence-electron chi connectivity index (χ3n) is 5.08. The van der Waals surface area contributed by atoms with Gasteiger partial charge in [0.15, 0.2) is 0 Å². The van der Waals surface area contributed by atoms with Gasteiger partial charge in [-0.3, -0.25) is 4.90 Å². The lowest BCUT2D eigenvalue weighted by Crippen LogP contribution is -2.35. The molecule has 1 fully saturated rings. The van der Waals surface area contributed by atoms with Gasteiger partial charge in [-0.25, -0.2) is 0 Å². The van der Waals surface area contributed by atoms with Gasteiger partial charge in [-0.2, -0.15) is 0 Å². The van der Waals surface area contributed by atoms with Gasteiger partial charge in [0.2, 0.25) is 0 Å². The standard InChI is InChI=1S/C23H29NO5/c1-26-18-8-4-6-17(14-18)7-5-9-19-21(27-2)15-22(28-3)20(23(19)25)16-24-10-12-29-13-11-24/h4-8,14-15,25H,9-13,16H2,1-3H3/b7-5+. The van der Waals surface area contributed by atoms with E-state index in [0.717, 1.165) is 35.5 Å². The van der Waals surface area contributed by atoms with Crippen LogP contribution in [0.5, 0.6) is 23.0 Å². The Morgan fingerprint density at radius 3 is 2.41 bits per heavy atom. The summed E-state index contributed by atoms with van der Waals surface area (Å²) in [6.07, 6.45) is 4.55. The minimum absolute atomic E-state index is 0.225. The van der Waals surface area contributed by atoms with Gasteiger partial charge in [-0.15, -0.1) is 0 Å². The van der Waals surface area contributed by atoms with Crippen LogP contribution in [-0.2, 0) is 17.7 Å². The molecule has 2 aromatic rings. The average Bonchev–Trinajstić information content (AvgIpc) is 2.77. The van der Waals surface area contributed by atoms with Crippen molar-refractivity contribution >= 4 is 6.08 Å². The number of morpholine rings is 1. The quantitative estimate of drug-likeness (QED) is 0.733. The molecule has 156 valence electrons. The largest absolute Gasteiger partial charge is 0.507 e. The Kier molecular flexibility index (Phi) is 7.38. The molecule has 0 saturated carbocycles. The molecule has 0 bridgehead atoms. The van der Waals surface area contributed by atoms with E-state index in [0.29, 0.717) is 37.7 Å². The molecule has 2 aromatic carbocycles. The predicted octanol–water partition coefficient (Wildman–Crippen LogP) is 3.51. The van der Waals surface area contributed by atoms with Crippen molar-refractivity contribution in [3.05, 3.63) is 53.1 Å². The first-order valence-corrected chi connectivity index (χ1v) is 9.72. The summed E-state index contributed by atoms with van der Waals surface area (Å²) < 4.78 is 21.7. The lowest BCUT2D eigenvalue weighted by atomic mass is 10.0. The summed E-state index contributed by atoms with van der Waals surface area (Å²) in [4.78, 5) is 2.25. The third-order valence-corrected chi connectivity index (χ3v) is 5.08. The van der Waals surface area contributed by atoms with E-state index in [4.69, 9.17) is 18.9 Å². The summed E-state index contributed by atoms with van der Waals surface area (Å²) in [7, 11) is 4.86. The van der Waals surface area contributed by atoms with Crippen molar-refractivity contribution in [3.63, 3.8) is 0 Å². The van der Waals surface area contributed by atoms with Crippen LogP contribution in [-0.4, -0.2) is 57.6 Å². The number of hydrogen-bond acceptors (Lipinski definition) is 6. The number of allylic oxidation sites excluding steroid dienone is 1. The molecule has 3 rings (SSSR count). The number of methoxy groups -OCH3 is 3. The highest BCUT2D eigenvalue weighted by atomic mass is 16.5. The van der Waals surface area contributed by atoms with Gasteiger partial charge in [0, 0.05) is 31.3 Å². The molecule has 1 saturated heterocycles. The number of nitrogens with zero attached hydrogens (tertiary/aromatic N) is 1. The van der Waals surface area contributed by atoms with Crippen LogP contribution in [0.4, 0.5) is 0 Å². The van der Waals surface area contributed by atoms with Gasteiger partial charge in [0.25, 0.3) is 0 Å². The van der Waals surface area contributed by atoms with E-state index in [9.17, 15) is 5.11 Å². The molecule has 29 heavy (non-hydrogen) atoms. The number of phenols is 1. The van der Waals surface area contributed by atoms with E-state index in [1.807, 2.05) is 42.5 Å². The summed E-state index contributed by atoms with van der Waals surface area (Å²) >= 11 is 0. The predicted molar refractivity (Wildman–Crippen MR) is 113 cm³/mol. The van der Waals surface area contributed by atoms with Crippen molar-refractivity contribution < 1.29 is 24.1 Å². The maximum absolute atomic E-state index is 11.1. The normalized spacial score (nSPS) is 14.9. The molecule has 1 aliphatic heterocycles. The monoisotopic (exact) mass is 399 g/mol. The maximum Gasteiger partial charge on any atom is 0.131 e. The fourth-order valence-corrected chi connectivity index (χ4v) is 3.46. The van der Waals surface area contributed by atoms with Crippen LogP contribution in [0.2, 0.25) is 0 Å². The molecular weight excluding hydrogens is 370 g/mol. The summed E-state index contributed by atoms with van der Waals surface area (Å²) in [5.41, 5.74) is 2.56. The number of benzene rings is 2. The smallest absolute Gasteiger partial charge is 0.131 e.